The van der Waals surface area contributed by atoms with Crippen LogP contribution in [-0.4, -0.2) is 168 Å². The number of nitrogens with one attached hydrogen (secondary N) is 1. The number of aliphatic hydroxyl groups is 3. The van der Waals surface area contributed by atoms with Crippen LogP contribution in [0.1, 0.15) is 63.5 Å². The van der Waals surface area contributed by atoms with Gasteiger partial charge in [0.15, 0.2) is 46.7 Å². The minimum atomic E-state index is -1.55. The fourth-order valence-corrected chi connectivity index (χ4v) is 10.5. The SMILES string of the molecule is COc1c(OC(C)C)cc2cc(O)c(C(=O)NC3Cc4ccc(c(Cl)n4)OC4C=C5C#CC(=CC#CC6OC56C4O[C@H]4C[C@@](C)(O)[C@@H](O)[C@H](C)O4)C(O[C@H]4C[C@H](O)[C@H](N(C)C)[C@H](C)O4)COC3=O)cc2c1OC. The number of aromatic nitrogens is 1. The number of carbonyl (C=O) groups is 2. The minimum absolute atomic E-state index is 0.0664. The average Bonchev–Trinajstić information content (AvgIpc) is 3.95. The normalized spacial score (nSPS) is 33.6. The maximum absolute atomic E-state index is 14.5. The van der Waals surface area contributed by atoms with Gasteiger partial charge in [-0.25, -0.2) is 9.78 Å². The van der Waals surface area contributed by atoms with E-state index in [4.69, 9.17) is 59.0 Å². The minimum Gasteiger partial charge on any atom is -0.507 e. The van der Waals surface area contributed by atoms with Crippen LogP contribution in [0.15, 0.2) is 53.6 Å². The fraction of sp³-hybridized carbons (Fsp3) is 0.528. The number of halogens is 1. The van der Waals surface area contributed by atoms with Crippen molar-refractivity contribution in [2.24, 2.45) is 0 Å². The number of rotatable bonds is 11. The van der Waals surface area contributed by atoms with Gasteiger partial charge in [-0.15, -0.1) is 0 Å². The number of fused-ring (bicyclic) bond motifs is 8. The number of nitrogens with zero attached hydrogens (tertiary/aromatic N) is 2. The highest BCUT2D eigenvalue weighted by Crippen LogP contribution is 2.54. The Balaban J connectivity index is 1.09. The first-order chi connectivity index (χ1) is 34.7. The molecule has 14 atom stereocenters. The lowest BCUT2D eigenvalue weighted by Crippen LogP contribution is -2.57. The van der Waals surface area contributed by atoms with Gasteiger partial charge in [0.1, 0.15) is 42.8 Å². The smallest absolute Gasteiger partial charge is 0.329 e. The quantitative estimate of drug-likeness (QED) is 0.0800. The van der Waals surface area contributed by atoms with E-state index in [1.54, 1.807) is 31.2 Å². The van der Waals surface area contributed by atoms with Gasteiger partial charge in [-0.1, -0.05) is 35.3 Å². The molecule has 390 valence electrons. The van der Waals surface area contributed by atoms with Gasteiger partial charge >= 0.3 is 5.97 Å². The third kappa shape index (κ3) is 10.3. The fourth-order valence-electron chi connectivity index (χ4n) is 10.3. The molecule has 10 rings (SSSR count). The second kappa shape index (κ2) is 20.6. The molecule has 2 aliphatic carbocycles. The highest BCUT2D eigenvalue weighted by Gasteiger charge is 2.70. The lowest BCUT2D eigenvalue weighted by atomic mass is 9.88. The van der Waals surface area contributed by atoms with Crippen LogP contribution in [0.2, 0.25) is 5.15 Å². The first-order valence-corrected chi connectivity index (χ1v) is 24.5. The molecule has 3 aromatic rings. The molecule has 0 saturated carbocycles. The first-order valence-electron chi connectivity index (χ1n) is 24.1. The molecule has 3 saturated heterocycles. The zero-order valence-corrected chi connectivity index (χ0v) is 42.6. The molecule has 6 unspecified atom stereocenters. The van der Waals surface area contributed by atoms with Crippen molar-refractivity contribution in [2.45, 2.75) is 145 Å². The molecule has 6 heterocycles. The third-order valence-electron chi connectivity index (χ3n) is 13.8. The summed E-state index contributed by atoms with van der Waals surface area (Å²) in [5.74, 6) is 11.4. The number of hydrogen-bond donors (Lipinski definition) is 5. The number of phenols is 1. The van der Waals surface area contributed by atoms with Gasteiger partial charge in [-0.2, -0.15) is 0 Å². The van der Waals surface area contributed by atoms with Crippen LogP contribution in [0.5, 0.6) is 28.7 Å². The number of epoxide rings is 1. The molecule has 73 heavy (non-hydrogen) atoms. The molecule has 5 aliphatic heterocycles. The van der Waals surface area contributed by atoms with Crippen molar-refractivity contribution >= 4 is 34.2 Å². The first kappa shape index (κ1) is 52.2. The Morgan fingerprint density at radius 3 is 2.47 bits per heavy atom. The van der Waals surface area contributed by atoms with Crippen molar-refractivity contribution in [3.63, 3.8) is 0 Å². The number of aromatic hydroxyl groups is 1. The van der Waals surface area contributed by atoms with Crippen molar-refractivity contribution in [1.29, 1.82) is 0 Å². The highest BCUT2D eigenvalue weighted by molar-refractivity contribution is 6.30. The van der Waals surface area contributed by atoms with E-state index >= 15 is 0 Å². The van der Waals surface area contributed by atoms with Crippen molar-refractivity contribution < 1.29 is 77.4 Å². The van der Waals surface area contributed by atoms with E-state index in [2.05, 4.69) is 34.0 Å². The molecule has 5 N–H and O–H groups in total. The number of likely N-dealkylation sites (N-methyl/N-ethyl adjacent to an activating group) is 1. The van der Waals surface area contributed by atoms with Gasteiger partial charge < -0.3 is 78.0 Å². The van der Waals surface area contributed by atoms with Crippen LogP contribution in [0.3, 0.4) is 0 Å². The number of benzene rings is 2. The molecule has 3 fully saturated rings. The summed E-state index contributed by atoms with van der Waals surface area (Å²) in [5.41, 5.74) is -2.05. The molecular weight excluding hydrogens is 970 g/mol. The Hall–Kier alpha value is -5.68. The Kier molecular flexibility index (Phi) is 14.7. The zero-order valence-electron chi connectivity index (χ0n) is 41.8. The van der Waals surface area contributed by atoms with Crippen LogP contribution in [0.4, 0.5) is 0 Å². The van der Waals surface area contributed by atoms with Gasteiger partial charge in [-0.05, 0) is 90.5 Å². The third-order valence-corrected chi connectivity index (χ3v) is 14.1. The second-order valence-electron chi connectivity index (χ2n) is 19.7. The molecule has 1 amide bonds. The summed E-state index contributed by atoms with van der Waals surface area (Å²) in [6, 6.07) is 5.81. The molecule has 19 nitrogen and oxygen atoms in total. The monoisotopic (exact) mass is 1030 g/mol. The number of allylic oxidation sites excluding steroid dienone is 1. The largest absolute Gasteiger partial charge is 0.507 e. The Bertz CT molecular complexity index is 2840. The van der Waals surface area contributed by atoms with Crippen LogP contribution in [0, 0.1) is 23.7 Å². The molecule has 7 aliphatic rings. The van der Waals surface area contributed by atoms with E-state index in [1.807, 2.05) is 39.8 Å². The van der Waals surface area contributed by atoms with E-state index < -0.39 is 103 Å². The van der Waals surface area contributed by atoms with Gasteiger partial charge in [0.05, 0.1) is 55.8 Å². The van der Waals surface area contributed by atoms with Gasteiger partial charge in [0, 0.05) is 47.6 Å². The van der Waals surface area contributed by atoms with E-state index in [0.717, 1.165) is 0 Å². The zero-order chi connectivity index (χ0) is 52.3. The standard InChI is InChI=1S/C53H60ClN3O16/c1-25(2)67-38-18-29-17-35(58)33(21-32(29)45(64-8)46(38)65-9)50(61)56-34-20-31-15-16-37(49(54)55-31)70-39-19-30-14-13-28(40(24-66-51(34)62)71-42-22-36(59)44(57(6)7)26(3)68-42)11-10-12-41-53(30,73-41)48(39)72-43-23-52(5,63)47(60)27(4)69-43/h11,15-19,21,25-27,34,36,39-44,47-48,58-60,63H,20,22-24H2,1-9H3,(H,56,61)/t26-,27-,34?,36-,39?,40?,41?,42-,43-,44+,47-,48?,52+,53?/m0/s1. The number of esters is 1. The number of methoxy groups -OCH3 is 2. The summed E-state index contributed by atoms with van der Waals surface area (Å²) >= 11 is 6.86. The van der Waals surface area contributed by atoms with E-state index in [-0.39, 0.29) is 70.6 Å². The van der Waals surface area contributed by atoms with Gasteiger partial charge in [0.2, 0.25) is 5.75 Å². The maximum Gasteiger partial charge on any atom is 0.329 e. The number of ether oxygens (including phenoxy) is 10. The average molecular weight is 1030 g/mol. The number of amides is 1. The van der Waals surface area contributed by atoms with Crippen LogP contribution in [-0.2, 0) is 39.6 Å². The Morgan fingerprint density at radius 2 is 1.78 bits per heavy atom. The van der Waals surface area contributed by atoms with E-state index in [1.165, 1.54) is 39.4 Å². The van der Waals surface area contributed by atoms with Crippen molar-refractivity contribution in [3.05, 3.63) is 70.0 Å². The number of pyridine rings is 1. The summed E-state index contributed by atoms with van der Waals surface area (Å²) in [7, 11) is 6.58. The lowest BCUT2D eigenvalue weighted by Gasteiger charge is -2.43. The highest BCUT2D eigenvalue weighted by atomic mass is 35.5. The van der Waals surface area contributed by atoms with Crippen LogP contribution < -0.4 is 24.3 Å². The van der Waals surface area contributed by atoms with Crippen LogP contribution >= 0.6 is 11.6 Å². The number of carbonyl (C=O) groups excluding carboxylic acids is 2. The summed E-state index contributed by atoms with van der Waals surface area (Å²) in [4.78, 5) is 35.3. The second-order valence-corrected chi connectivity index (χ2v) is 20.1. The van der Waals surface area contributed by atoms with Crippen molar-refractivity contribution in [3.8, 4) is 52.4 Å². The number of aliphatic hydroxyl groups excluding tert-OH is 2. The topological polar surface area (TPSA) is 239 Å². The molecule has 20 heteroatoms. The van der Waals surface area contributed by atoms with Gasteiger partial charge in [0.25, 0.3) is 5.91 Å². The summed E-state index contributed by atoms with van der Waals surface area (Å²) in [6.45, 7) is 8.20. The maximum atomic E-state index is 14.5. The lowest BCUT2D eigenvalue weighted by molar-refractivity contribution is -0.290. The molecule has 5 bridgehead atoms. The molecule has 1 spiro atoms. The van der Waals surface area contributed by atoms with Crippen LogP contribution in [0.25, 0.3) is 10.8 Å². The van der Waals surface area contributed by atoms with E-state index in [0.29, 0.717) is 22.1 Å². The van der Waals surface area contributed by atoms with Crippen molar-refractivity contribution in [1.82, 2.24) is 15.2 Å². The molecule has 0 radical (unpaired) electrons. The van der Waals surface area contributed by atoms with E-state index in [9.17, 15) is 30.0 Å². The molecular formula is C53H60ClN3O16. The predicted molar refractivity (Wildman–Crippen MR) is 261 cm³/mol. The summed E-state index contributed by atoms with van der Waals surface area (Å²) in [6.07, 6.45) is -6.35. The summed E-state index contributed by atoms with van der Waals surface area (Å²) < 4.78 is 61.9. The summed E-state index contributed by atoms with van der Waals surface area (Å²) in [5, 5.41) is 48.0. The molecule has 2 aromatic carbocycles. The number of hydrogen-bond acceptors (Lipinski definition) is 18. The Morgan fingerprint density at radius 1 is 1.03 bits per heavy atom. The predicted octanol–water partition coefficient (Wildman–Crippen LogP) is 3.51. The van der Waals surface area contributed by atoms with Crippen molar-refractivity contribution in [2.75, 3.05) is 34.9 Å². The Labute approximate surface area is 427 Å². The molecule has 1 aromatic heterocycles. The van der Waals surface area contributed by atoms with Gasteiger partial charge in [-0.3, -0.25) is 4.79 Å². The number of phenolic OH excluding ortho intramolecular Hbond substituents is 1.